The molecule has 2 fully saturated rings. The predicted octanol–water partition coefficient (Wildman–Crippen LogP) is 2.25. The van der Waals surface area contributed by atoms with E-state index in [0.29, 0.717) is 24.3 Å². The minimum atomic E-state index is 0.272. The Labute approximate surface area is 105 Å². The van der Waals surface area contributed by atoms with Crippen molar-refractivity contribution in [1.82, 2.24) is 4.90 Å². The lowest BCUT2D eigenvalue weighted by atomic mass is 10.0. The molecule has 98 valence electrons. The summed E-state index contributed by atoms with van der Waals surface area (Å²) in [6.45, 7) is 6.62. The van der Waals surface area contributed by atoms with Crippen LogP contribution in [0.4, 0.5) is 0 Å². The molecule has 1 saturated heterocycles. The number of carbonyl (C=O) groups is 1. The molecule has 0 radical (unpaired) electrons. The zero-order valence-electron chi connectivity index (χ0n) is 11.2. The maximum Gasteiger partial charge on any atom is 0.149 e. The highest BCUT2D eigenvalue weighted by Gasteiger charge is 2.30. The molecule has 0 spiro atoms. The van der Waals surface area contributed by atoms with Gasteiger partial charge in [-0.3, -0.25) is 9.69 Å². The molecule has 1 heterocycles. The van der Waals surface area contributed by atoms with Gasteiger partial charge in [0.15, 0.2) is 0 Å². The topological polar surface area (TPSA) is 29.5 Å². The number of nitrogens with zero attached hydrogens (tertiary/aromatic N) is 1. The van der Waals surface area contributed by atoms with Gasteiger partial charge in [0.25, 0.3) is 0 Å². The van der Waals surface area contributed by atoms with Crippen LogP contribution in [0.2, 0.25) is 0 Å². The summed E-state index contributed by atoms with van der Waals surface area (Å²) in [7, 11) is 0. The van der Waals surface area contributed by atoms with E-state index in [1.54, 1.807) is 0 Å². The predicted molar refractivity (Wildman–Crippen MR) is 68.0 cm³/mol. The first-order valence-electron chi connectivity index (χ1n) is 7.09. The van der Waals surface area contributed by atoms with Crippen LogP contribution in [-0.2, 0) is 9.53 Å². The Morgan fingerprint density at radius 3 is 2.71 bits per heavy atom. The van der Waals surface area contributed by atoms with Gasteiger partial charge < -0.3 is 4.74 Å². The second kappa shape index (κ2) is 5.96. The van der Waals surface area contributed by atoms with Crippen LogP contribution in [-0.4, -0.2) is 42.5 Å². The first-order valence-corrected chi connectivity index (χ1v) is 7.09. The maximum absolute atomic E-state index is 12.2. The van der Waals surface area contributed by atoms with Crippen LogP contribution in [0.1, 0.15) is 46.0 Å². The molecule has 1 saturated carbocycles. The Balaban J connectivity index is 1.88. The number of ketones is 1. The van der Waals surface area contributed by atoms with Gasteiger partial charge >= 0.3 is 0 Å². The largest absolute Gasteiger partial charge is 0.376 e. The molecule has 0 amide bonds. The van der Waals surface area contributed by atoms with E-state index < -0.39 is 0 Å². The van der Waals surface area contributed by atoms with Gasteiger partial charge in [-0.15, -0.1) is 0 Å². The number of carbonyl (C=O) groups excluding carboxylic acids is 1. The van der Waals surface area contributed by atoms with Crippen LogP contribution in [0.25, 0.3) is 0 Å². The number of rotatable bonds is 4. The van der Waals surface area contributed by atoms with E-state index >= 15 is 0 Å². The van der Waals surface area contributed by atoms with E-state index in [4.69, 9.17) is 4.74 Å². The van der Waals surface area contributed by atoms with Gasteiger partial charge in [-0.2, -0.15) is 0 Å². The van der Waals surface area contributed by atoms with E-state index in [-0.39, 0.29) is 6.10 Å². The molecule has 0 aromatic carbocycles. The third-order valence-electron chi connectivity index (χ3n) is 4.22. The zero-order valence-corrected chi connectivity index (χ0v) is 11.2. The molecular weight excluding hydrogens is 214 g/mol. The molecule has 1 aliphatic heterocycles. The monoisotopic (exact) mass is 239 g/mol. The van der Waals surface area contributed by atoms with Crippen LogP contribution in [0.5, 0.6) is 0 Å². The van der Waals surface area contributed by atoms with Gasteiger partial charge in [-0.25, -0.2) is 0 Å². The summed E-state index contributed by atoms with van der Waals surface area (Å²) < 4.78 is 5.67. The minimum absolute atomic E-state index is 0.272. The molecule has 0 aromatic heterocycles. The average molecular weight is 239 g/mol. The Bertz CT molecular complexity index is 261. The van der Waals surface area contributed by atoms with Crippen molar-refractivity contribution in [3.63, 3.8) is 0 Å². The molecule has 2 rings (SSSR count). The van der Waals surface area contributed by atoms with Crippen molar-refractivity contribution in [2.24, 2.45) is 5.92 Å². The fourth-order valence-electron chi connectivity index (χ4n) is 3.06. The molecule has 1 aliphatic carbocycles. The van der Waals surface area contributed by atoms with Gasteiger partial charge in [-0.05, 0) is 26.2 Å². The normalized spacial score (nSPS) is 31.9. The fourth-order valence-corrected chi connectivity index (χ4v) is 3.06. The van der Waals surface area contributed by atoms with Crippen LogP contribution >= 0.6 is 0 Å². The van der Waals surface area contributed by atoms with Crippen molar-refractivity contribution in [2.45, 2.75) is 58.1 Å². The van der Waals surface area contributed by atoms with E-state index in [9.17, 15) is 4.79 Å². The van der Waals surface area contributed by atoms with Crippen LogP contribution < -0.4 is 0 Å². The standard InChI is InChI=1S/C14H25NO2/c1-3-13-10-17-11(2)8-15(13)9-14(16)12-6-4-5-7-12/h11-13H,3-10H2,1-2H3. The van der Waals surface area contributed by atoms with Crippen molar-refractivity contribution >= 4 is 5.78 Å². The number of hydrogen-bond donors (Lipinski definition) is 0. The quantitative estimate of drug-likeness (QED) is 0.753. The van der Waals surface area contributed by atoms with Crippen molar-refractivity contribution in [3.8, 4) is 0 Å². The fraction of sp³-hybridized carbons (Fsp3) is 0.929. The first-order chi connectivity index (χ1) is 8.20. The molecular formula is C14H25NO2. The summed E-state index contributed by atoms with van der Waals surface area (Å²) in [4.78, 5) is 14.5. The van der Waals surface area contributed by atoms with Crippen molar-refractivity contribution < 1.29 is 9.53 Å². The Morgan fingerprint density at radius 2 is 2.06 bits per heavy atom. The molecule has 2 atom stereocenters. The molecule has 2 unspecified atom stereocenters. The molecule has 3 heteroatoms. The van der Waals surface area contributed by atoms with Gasteiger partial charge in [-0.1, -0.05) is 19.8 Å². The van der Waals surface area contributed by atoms with Crippen molar-refractivity contribution in [3.05, 3.63) is 0 Å². The first kappa shape index (κ1) is 13.0. The third kappa shape index (κ3) is 3.29. The summed E-state index contributed by atoms with van der Waals surface area (Å²) in [5.74, 6) is 0.820. The van der Waals surface area contributed by atoms with Gasteiger partial charge in [0.05, 0.1) is 19.3 Å². The summed E-state index contributed by atoms with van der Waals surface area (Å²) in [5.41, 5.74) is 0. The third-order valence-corrected chi connectivity index (χ3v) is 4.22. The summed E-state index contributed by atoms with van der Waals surface area (Å²) in [5, 5.41) is 0. The average Bonchev–Trinajstić information content (AvgIpc) is 2.83. The highest BCUT2D eigenvalue weighted by Crippen LogP contribution is 2.26. The van der Waals surface area contributed by atoms with E-state index in [0.717, 1.165) is 32.4 Å². The number of ether oxygens (including phenoxy) is 1. The summed E-state index contributed by atoms with van der Waals surface area (Å²) in [6, 6.07) is 0.441. The van der Waals surface area contributed by atoms with Crippen LogP contribution in [0, 0.1) is 5.92 Å². The maximum atomic E-state index is 12.2. The van der Waals surface area contributed by atoms with Crippen LogP contribution in [0.3, 0.4) is 0 Å². The van der Waals surface area contributed by atoms with Gasteiger partial charge in [0.1, 0.15) is 5.78 Å². The van der Waals surface area contributed by atoms with Gasteiger partial charge in [0.2, 0.25) is 0 Å². The van der Waals surface area contributed by atoms with Crippen LogP contribution in [0.15, 0.2) is 0 Å². The SMILES string of the molecule is CCC1COC(C)CN1CC(=O)C1CCCC1. The highest BCUT2D eigenvalue weighted by molar-refractivity contribution is 5.83. The molecule has 0 N–H and O–H groups in total. The molecule has 2 aliphatic rings. The van der Waals surface area contributed by atoms with E-state index in [1.165, 1.54) is 12.8 Å². The smallest absolute Gasteiger partial charge is 0.149 e. The molecule has 0 aromatic rings. The molecule has 3 nitrogen and oxygen atoms in total. The second-order valence-corrected chi connectivity index (χ2v) is 5.58. The Kier molecular flexibility index (Phi) is 4.57. The zero-order chi connectivity index (χ0) is 12.3. The lowest BCUT2D eigenvalue weighted by Crippen LogP contribution is -2.50. The minimum Gasteiger partial charge on any atom is -0.376 e. The molecule has 17 heavy (non-hydrogen) atoms. The highest BCUT2D eigenvalue weighted by atomic mass is 16.5. The van der Waals surface area contributed by atoms with Crippen molar-refractivity contribution in [2.75, 3.05) is 19.7 Å². The lowest BCUT2D eigenvalue weighted by Gasteiger charge is -2.38. The summed E-state index contributed by atoms with van der Waals surface area (Å²) >= 11 is 0. The number of Topliss-reactive ketones (excluding diaryl/α,β-unsaturated/α-hetero) is 1. The van der Waals surface area contributed by atoms with Gasteiger partial charge in [0, 0.05) is 18.5 Å². The molecule has 0 bridgehead atoms. The lowest BCUT2D eigenvalue weighted by molar-refractivity contribution is -0.127. The Morgan fingerprint density at radius 1 is 1.35 bits per heavy atom. The number of morpholine rings is 1. The Hall–Kier alpha value is -0.410. The summed E-state index contributed by atoms with van der Waals surface area (Å²) in [6.07, 6.45) is 6.07. The second-order valence-electron chi connectivity index (χ2n) is 5.58. The van der Waals surface area contributed by atoms with E-state index in [2.05, 4.69) is 18.7 Å². The number of hydrogen-bond acceptors (Lipinski definition) is 3. The van der Waals surface area contributed by atoms with Crippen molar-refractivity contribution in [1.29, 1.82) is 0 Å². The van der Waals surface area contributed by atoms with E-state index in [1.807, 2.05) is 0 Å².